The van der Waals surface area contributed by atoms with Crippen molar-refractivity contribution in [3.63, 3.8) is 0 Å². The lowest BCUT2D eigenvalue weighted by atomic mass is 9.98. The Labute approximate surface area is 179 Å². The van der Waals surface area contributed by atoms with Crippen molar-refractivity contribution in [2.24, 2.45) is 5.10 Å². The summed E-state index contributed by atoms with van der Waals surface area (Å²) < 4.78 is 11.8. The number of anilines is 1. The van der Waals surface area contributed by atoms with Crippen molar-refractivity contribution in [3.8, 4) is 11.5 Å². The highest BCUT2D eigenvalue weighted by Crippen LogP contribution is 2.41. The van der Waals surface area contributed by atoms with Gasteiger partial charge in [-0.3, -0.25) is 0 Å². The molecule has 0 saturated carbocycles. The number of rotatable bonds is 5. The first-order chi connectivity index (χ1) is 14.7. The Kier molecular flexibility index (Phi) is 4.85. The van der Waals surface area contributed by atoms with E-state index in [0.29, 0.717) is 0 Å². The molecule has 0 spiro atoms. The summed E-state index contributed by atoms with van der Waals surface area (Å²) >= 11 is 1.63. The van der Waals surface area contributed by atoms with Crippen LogP contribution in [0, 0.1) is 0 Å². The summed E-state index contributed by atoms with van der Waals surface area (Å²) in [5, 5.41) is 7.94. The molecule has 0 radical (unpaired) electrons. The Bertz CT molecular complexity index is 1200. The number of thiazole rings is 1. The van der Waals surface area contributed by atoms with Crippen LogP contribution in [0.1, 0.15) is 23.6 Å². The number of nitrogens with zero attached hydrogens (tertiary/aromatic N) is 3. The molecule has 1 aliphatic rings. The summed E-state index contributed by atoms with van der Waals surface area (Å²) in [4.78, 5) is 4.86. The molecule has 150 valence electrons. The number of methoxy groups -OCH3 is 2. The normalized spacial score (nSPS) is 16.0. The van der Waals surface area contributed by atoms with Crippen LogP contribution in [0.5, 0.6) is 11.5 Å². The summed E-state index contributed by atoms with van der Waals surface area (Å²) in [7, 11) is 3.36. The van der Waals surface area contributed by atoms with E-state index < -0.39 is 0 Å². The molecule has 30 heavy (non-hydrogen) atoms. The highest BCUT2D eigenvalue weighted by molar-refractivity contribution is 7.22. The van der Waals surface area contributed by atoms with Crippen molar-refractivity contribution in [2.45, 2.75) is 12.5 Å². The Morgan fingerprint density at radius 3 is 2.37 bits per heavy atom. The van der Waals surface area contributed by atoms with Gasteiger partial charge < -0.3 is 9.47 Å². The van der Waals surface area contributed by atoms with Gasteiger partial charge in [0, 0.05) is 6.42 Å². The van der Waals surface area contributed by atoms with E-state index in [0.717, 1.165) is 44.5 Å². The standard InChI is InChI=1S/C24H21N3O2S/c1-28-18-10-8-17(9-11-18)22-15-21(16-6-4-3-5-7-16)26-27(22)24-25-20-13-12-19(29-2)14-23(20)30-24/h3-14,22H,15H2,1-2H3. The van der Waals surface area contributed by atoms with Gasteiger partial charge in [-0.15, -0.1) is 0 Å². The number of aromatic nitrogens is 1. The second-order valence-corrected chi connectivity index (χ2v) is 8.09. The van der Waals surface area contributed by atoms with Gasteiger partial charge in [0.2, 0.25) is 5.13 Å². The lowest BCUT2D eigenvalue weighted by Crippen LogP contribution is -2.18. The summed E-state index contributed by atoms with van der Waals surface area (Å²) in [6, 6.07) is 24.6. The van der Waals surface area contributed by atoms with E-state index in [1.807, 2.05) is 48.5 Å². The minimum Gasteiger partial charge on any atom is -0.497 e. The number of hydrogen-bond donors (Lipinski definition) is 0. The van der Waals surface area contributed by atoms with Crippen LogP contribution in [0.3, 0.4) is 0 Å². The lowest BCUT2D eigenvalue weighted by Gasteiger charge is -2.21. The molecule has 3 aromatic carbocycles. The largest absolute Gasteiger partial charge is 0.497 e. The van der Waals surface area contributed by atoms with Crippen molar-refractivity contribution in [1.82, 2.24) is 4.98 Å². The maximum Gasteiger partial charge on any atom is 0.207 e. The van der Waals surface area contributed by atoms with Crippen LogP contribution < -0.4 is 14.5 Å². The molecule has 0 aliphatic carbocycles. The zero-order chi connectivity index (χ0) is 20.5. The SMILES string of the molecule is COc1ccc(C2CC(c3ccccc3)=NN2c2nc3ccc(OC)cc3s2)cc1. The second kappa shape index (κ2) is 7.80. The van der Waals surface area contributed by atoms with Gasteiger partial charge in [0.25, 0.3) is 0 Å². The fourth-order valence-corrected chi connectivity index (χ4v) is 4.69. The molecule has 0 N–H and O–H groups in total. The van der Waals surface area contributed by atoms with E-state index in [2.05, 4.69) is 29.3 Å². The van der Waals surface area contributed by atoms with Crippen LogP contribution in [0.2, 0.25) is 0 Å². The van der Waals surface area contributed by atoms with Crippen molar-refractivity contribution >= 4 is 32.4 Å². The molecular weight excluding hydrogens is 394 g/mol. The average molecular weight is 416 g/mol. The minimum absolute atomic E-state index is 0.0774. The van der Waals surface area contributed by atoms with Crippen molar-refractivity contribution in [3.05, 3.63) is 83.9 Å². The molecule has 4 aromatic rings. The van der Waals surface area contributed by atoms with E-state index in [1.54, 1.807) is 25.6 Å². The lowest BCUT2D eigenvalue weighted by molar-refractivity contribution is 0.414. The van der Waals surface area contributed by atoms with Crippen molar-refractivity contribution in [2.75, 3.05) is 19.2 Å². The van der Waals surface area contributed by atoms with Gasteiger partial charge in [0.15, 0.2) is 0 Å². The number of benzene rings is 3. The van der Waals surface area contributed by atoms with E-state index in [9.17, 15) is 0 Å². The van der Waals surface area contributed by atoms with Crippen molar-refractivity contribution in [1.29, 1.82) is 0 Å². The predicted molar refractivity (Wildman–Crippen MR) is 122 cm³/mol. The van der Waals surface area contributed by atoms with Crippen LogP contribution >= 0.6 is 11.3 Å². The summed E-state index contributed by atoms with van der Waals surface area (Å²) in [6.45, 7) is 0. The van der Waals surface area contributed by atoms with Gasteiger partial charge in [0.05, 0.1) is 36.2 Å². The molecule has 0 bridgehead atoms. The topological polar surface area (TPSA) is 47.0 Å². The maximum atomic E-state index is 5.37. The van der Waals surface area contributed by atoms with Gasteiger partial charge in [-0.25, -0.2) is 9.99 Å². The molecule has 5 rings (SSSR count). The summed E-state index contributed by atoms with van der Waals surface area (Å²) in [6.07, 6.45) is 0.815. The fourth-order valence-electron chi connectivity index (χ4n) is 3.70. The van der Waals surface area contributed by atoms with E-state index >= 15 is 0 Å². The monoisotopic (exact) mass is 415 g/mol. The third-order valence-corrected chi connectivity index (χ3v) is 6.31. The molecular formula is C24H21N3O2S. The maximum absolute atomic E-state index is 5.37. The molecule has 6 heteroatoms. The molecule has 1 unspecified atom stereocenters. The molecule has 2 heterocycles. The zero-order valence-electron chi connectivity index (χ0n) is 16.8. The fraction of sp³-hybridized carbons (Fsp3) is 0.167. The first-order valence-corrected chi connectivity index (χ1v) is 10.6. The van der Waals surface area contributed by atoms with Crippen LogP contribution in [0.25, 0.3) is 10.2 Å². The van der Waals surface area contributed by atoms with Crippen LogP contribution in [0.15, 0.2) is 77.9 Å². The van der Waals surface area contributed by atoms with Gasteiger partial charge in [0.1, 0.15) is 11.5 Å². The van der Waals surface area contributed by atoms with Crippen LogP contribution in [-0.4, -0.2) is 24.9 Å². The molecule has 0 saturated heterocycles. The van der Waals surface area contributed by atoms with E-state index in [-0.39, 0.29) is 6.04 Å². The first kappa shape index (κ1) is 18.6. The smallest absolute Gasteiger partial charge is 0.207 e. The molecule has 0 fully saturated rings. The van der Waals surface area contributed by atoms with Crippen LogP contribution in [-0.2, 0) is 0 Å². The Balaban J connectivity index is 1.57. The second-order valence-electron chi connectivity index (χ2n) is 7.08. The van der Waals surface area contributed by atoms with Gasteiger partial charge in [-0.2, -0.15) is 5.10 Å². The first-order valence-electron chi connectivity index (χ1n) is 9.76. The Morgan fingerprint density at radius 2 is 1.63 bits per heavy atom. The predicted octanol–water partition coefficient (Wildman–Crippen LogP) is 5.67. The Morgan fingerprint density at radius 1 is 0.900 bits per heavy atom. The number of hydrogen-bond acceptors (Lipinski definition) is 6. The third-order valence-electron chi connectivity index (χ3n) is 5.30. The summed E-state index contributed by atoms with van der Waals surface area (Å²) in [5.74, 6) is 1.68. The Hall–Kier alpha value is -3.38. The minimum atomic E-state index is 0.0774. The number of ether oxygens (including phenoxy) is 2. The van der Waals surface area contributed by atoms with Crippen molar-refractivity contribution < 1.29 is 9.47 Å². The number of fused-ring (bicyclic) bond motifs is 1. The molecule has 1 aromatic heterocycles. The highest BCUT2D eigenvalue weighted by atomic mass is 32.1. The van der Waals surface area contributed by atoms with E-state index in [4.69, 9.17) is 19.6 Å². The zero-order valence-corrected chi connectivity index (χ0v) is 17.6. The van der Waals surface area contributed by atoms with E-state index in [1.165, 1.54) is 5.56 Å². The van der Waals surface area contributed by atoms with Gasteiger partial charge in [-0.1, -0.05) is 53.8 Å². The van der Waals surface area contributed by atoms with Gasteiger partial charge >= 0.3 is 0 Å². The highest BCUT2D eigenvalue weighted by Gasteiger charge is 2.31. The number of hydrazone groups is 1. The summed E-state index contributed by atoms with van der Waals surface area (Å²) in [5.41, 5.74) is 4.34. The third kappa shape index (κ3) is 3.39. The molecule has 0 amide bonds. The molecule has 1 aliphatic heterocycles. The molecule has 5 nitrogen and oxygen atoms in total. The molecule has 1 atom stereocenters. The van der Waals surface area contributed by atoms with Gasteiger partial charge in [-0.05, 0) is 41.5 Å². The quantitative estimate of drug-likeness (QED) is 0.421. The van der Waals surface area contributed by atoms with Crippen LogP contribution in [0.4, 0.5) is 5.13 Å². The average Bonchev–Trinajstić information content (AvgIpc) is 3.43.